The van der Waals surface area contributed by atoms with Crippen molar-refractivity contribution in [3.05, 3.63) is 33.4 Å². The van der Waals surface area contributed by atoms with E-state index in [0.717, 1.165) is 3.57 Å². The lowest BCUT2D eigenvalue weighted by atomic mass is 10.2. The number of nitriles is 2. The molecule has 0 fully saturated rings. The zero-order valence-corrected chi connectivity index (χ0v) is 10.5. The molecule has 4 nitrogen and oxygen atoms in total. The van der Waals surface area contributed by atoms with Crippen LogP contribution in [-0.4, -0.2) is 23.9 Å². The predicted octanol–water partition coefficient (Wildman–Crippen LogP) is 1.78. The van der Waals surface area contributed by atoms with E-state index in [4.69, 9.17) is 10.5 Å². The highest BCUT2D eigenvalue weighted by Gasteiger charge is 2.16. The zero-order chi connectivity index (χ0) is 12.0. The number of benzene rings is 1. The lowest BCUT2D eigenvalue weighted by molar-refractivity contribution is 0.0793. The third kappa shape index (κ3) is 2.94. The molecule has 0 saturated carbocycles. The fraction of sp³-hybridized carbons (Fsp3) is 0.182. The minimum absolute atomic E-state index is 0.0721. The van der Waals surface area contributed by atoms with Crippen LogP contribution < -0.4 is 0 Å². The van der Waals surface area contributed by atoms with E-state index in [1.165, 1.54) is 4.90 Å². The molecule has 0 aliphatic carbocycles. The van der Waals surface area contributed by atoms with E-state index in [9.17, 15) is 4.79 Å². The van der Waals surface area contributed by atoms with E-state index in [1.807, 2.05) is 24.3 Å². The summed E-state index contributed by atoms with van der Waals surface area (Å²) < 4.78 is 0.811. The summed E-state index contributed by atoms with van der Waals surface area (Å²) in [6.45, 7) is -0.144. The van der Waals surface area contributed by atoms with Crippen LogP contribution in [-0.2, 0) is 0 Å². The topological polar surface area (TPSA) is 67.9 Å². The van der Waals surface area contributed by atoms with Crippen molar-refractivity contribution < 1.29 is 4.79 Å². The summed E-state index contributed by atoms with van der Waals surface area (Å²) in [7, 11) is 0. The fourth-order valence-electron chi connectivity index (χ4n) is 1.18. The van der Waals surface area contributed by atoms with Gasteiger partial charge in [-0.2, -0.15) is 10.5 Å². The highest BCUT2D eigenvalue weighted by atomic mass is 127. The van der Waals surface area contributed by atoms with Crippen molar-refractivity contribution in [2.75, 3.05) is 13.1 Å². The molecule has 0 aliphatic rings. The number of carbonyl (C=O) groups excluding carboxylic acids is 1. The standard InChI is InChI=1S/C11H8IN3O/c12-10-4-2-1-3-9(10)11(16)15(7-5-13)8-6-14/h1-4H,7-8H2. The van der Waals surface area contributed by atoms with Crippen LogP contribution in [0.15, 0.2) is 24.3 Å². The molecule has 0 spiro atoms. The molecule has 5 heteroatoms. The van der Waals surface area contributed by atoms with E-state index >= 15 is 0 Å². The summed E-state index contributed by atoms with van der Waals surface area (Å²) in [5.41, 5.74) is 0.522. The number of rotatable bonds is 3. The van der Waals surface area contributed by atoms with Gasteiger partial charge in [-0.1, -0.05) is 12.1 Å². The summed E-state index contributed by atoms with van der Waals surface area (Å²) in [6, 6.07) is 10.8. The third-order valence-electron chi connectivity index (χ3n) is 1.91. The van der Waals surface area contributed by atoms with Gasteiger partial charge in [0.05, 0.1) is 17.7 Å². The van der Waals surface area contributed by atoms with Crippen LogP contribution >= 0.6 is 22.6 Å². The number of hydrogen-bond donors (Lipinski definition) is 0. The lowest BCUT2D eigenvalue weighted by Gasteiger charge is -2.16. The van der Waals surface area contributed by atoms with Crippen LogP contribution in [0.5, 0.6) is 0 Å². The molecule has 0 radical (unpaired) electrons. The molecule has 1 aromatic carbocycles. The summed E-state index contributed by atoms with van der Waals surface area (Å²) >= 11 is 2.05. The number of amides is 1. The second kappa shape index (κ2) is 6.09. The molecule has 80 valence electrons. The second-order valence-electron chi connectivity index (χ2n) is 2.96. The monoisotopic (exact) mass is 325 g/mol. The average molecular weight is 325 g/mol. The minimum atomic E-state index is -0.284. The molecule has 0 unspecified atom stereocenters. The Morgan fingerprint density at radius 3 is 2.31 bits per heavy atom. The lowest BCUT2D eigenvalue weighted by Crippen LogP contribution is -2.32. The smallest absolute Gasteiger partial charge is 0.256 e. The fourth-order valence-corrected chi connectivity index (χ4v) is 1.79. The van der Waals surface area contributed by atoms with Crippen LogP contribution in [0.25, 0.3) is 0 Å². The van der Waals surface area contributed by atoms with E-state index in [2.05, 4.69) is 22.6 Å². The maximum atomic E-state index is 12.0. The second-order valence-corrected chi connectivity index (χ2v) is 4.12. The molecule has 0 N–H and O–H groups in total. The van der Waals surface area contributed by atoms with Crippen molar-refractivity contribution in [1.82, 2.24) is 4.90 Å². The van der Waals surface area contributed by atoms with Crippen LogP contribution in [0, 0.1) is 26.2 Å². The van der Waals surface area contributed by atoms with Crippen LogP contribution in [0.2, 0.25) is 0 Å². The quantitative estimate of drug-likeness (QED) is 0.628. The van der Waals surface area contributed by atoms with Gasteiger partial charge in [0, 0.05) is 3.57 Å². The van der Waals surface area contributed by atoms with Gasteiger partial charge in [-0.25, -0.2) is 0 Å². The Morgan fingerprint density at radius 2 is 1.81 bits per heavy atom. The summed E-state index contributed by atoms with van der Waals surface area (Å²) in [6.07, 6.45) is 0. The molecule has 0 saturated heterocycles. The van der Waals surface area contributed by atoms with Gasteiger partial charge >= 0.3 is 0 Å². The number of carbonyl (C=O) groups is 1. The van der Waals surface area contributed by atoms with Gasteiger partial charge < -0.3 is 4.90 Å². The largest absolute Gasteiger partial charge is 0.312 e. The van der Waals surface area contributed by atoms with E-state index < -0.39 is 0 Å². The van der Waals surface area contributed by atoms with Crippen molar-refractivity contribution in [2.24, 2.45) is 0 Å². The van der Waals surface area contributed by atoms with Gasteiger partial charge in [-0.05, 0) is 34.7 Å². The molecule has 1 rings (SSSR count). The van der Waals surface area contributed by atoms with Gasteiger partial charge in [0.2, 0.25) is 0 Å². The molecule has 1 amide bonds. The Morgan fingerprint density at radius 1 is 1.25 bits per heavy atom. The summed E-state index contributed by atoms with van der Waals surface area (Å²) in [5, 5.41) is 17.1. The van der Waals surface area contributed by atoms with Crippen molar-refractivity contribution >= 4 is 28.5 Å². The van der Waals surface area contributed by atoms with Crippen LogP contribution in [0.1, 0.15) is 10.4 Å². The molecule has 16 heavy (non-hydrogen) atoms. The molecule has 0 aromatic heterocycles. The molecule has 0 aliphatic heterocycles. The first-order chi connectivity index (χ1) is 7.70. The van der Waals surface area contributed by atoms with Crippen molar-refractivity contribution in [3.8, 4) is 12.1 Å². The van der Waals surface area contributed by atoms with Gasteiger partial charge in [0.15, 0.2) is 0 Å². The molecule has 1 aromatic rings. The average Bonchev–Trinajstić information content (AvgIpc) is 2.28. The Bertz CT molecular complexity index is 457. The predicted molar refractivity (Wildman–Crippen MR) is 66.3 cm³/mol. The van der Waals surface area contributed by atoms with E-state index in [1.54, 1.807) is 12.1 Å². The number of nitrogens with zero attached hydrogens (tertiary/aromatic N) is 3. The Labute approximate surface area is 107 Å². The molecular formula is C11H8IN3O. The zero-order valence-electron chi connectivity index (χ0n) is 8.35. The highest BCUT2D eigenvalue weighted by molar-refractivity contribution is 14.1. The Kier molecular flexibility index (Phi) is 4.74. The minimum Gasteiger partial charge on any atom is -0.312 e. The maximum Gasteiger partial charge on any atom is 0.256 e. The van der Waals surface area contributed by atoms with E-state index in [0.29, 0.717) is 5.56 Å². The molecule has 0 bridgehead atoms. The van der Waals surface area contributed by atoms with Gasteiger partial charge in [-0.15, -0.1) is 0 Å². The van der Waals surface area contributed by atoms with Gasteiger partial charge in [0.25, 0.3) is 5.91 Å². The van der Waals surface area contributed by atoms with E-state index in [-0.39, 0.29) is 19.0 Å². The van der Waals surface area contributed by atoms with Crippen molar-refractivity contribution in [1.29, 1.82) is 10.5 Å². The number of halogens is 1. The Balaban J connectivity index is 2.96. The first-order valence-corrected chi connectivity index (χ1v) is 5.56. The SMILES string of the molecule is N#CCN(CC#N)C(=O)c1ccccc1I. The third-order valence-corrected chi connectivity index (χ3v) is 2.86. The first-order valence-electron chi connectivity index (χ1n) is 4.48. The van der Waals surface area contributed by atoms with Crippen molar-refractivity contribution in [2.45, 2.75) is 0 Å². The van der Waals surface area contributed by atoms with Crippen LogP contribution in [0.4, 0.5) is 0 Å². The normalized spacial score (nSPS) is 8.94. The Hall–Kier alpha value is -1.60. The van der Waals surface area contributed by atoms with Gasteiger partial charge in [0.1, 0.15) is 13.1 Å². The molecule has 0 atom stereocenters. The molecule has 0 heterocycles. The summed E-state index contributed by atoms with van der Waals surface area (Å²) in [4.78, 5) is 13.2. The van der Waals surface area contributed by atoms with Crippen LogP contribution in [0.3, 0.4) is 0 Å². The summed E-state index contributed by atoms with van der Waals surface area (Å²) in [5.74, 6) is -0.284. The molecular weight excluding hydrogens is 317 g/mol. The number of hydrogen-bond acceptors (Lipinski definition) is 3. The van der Waals surface area contributed by atoms with Gasteiger partial charge in [-0.3, -0.25) is 4.79 Å². The first kappa shape index (κ1) is 12.5. The maximum absolute atomic E-state index is 12.0. The van der Waals surface area contributed by atoms with Crippen molar-refractivity contribution in [3.63, 3.8) is 0 Å². The highest BCUT2D eigenvalue weighted by Crippen LogP contribution is 2.13.